The molecule has 4 heterocycles. The van der Waals surface area contributed by atoms with Crippen LogP contribution in [0.2, 0.25) is 0 Å². The van der Waals surface area contributed by atoms with Crippen LogP contribution in [0.4, 0.5) is 11.5 Å². The fourth-order valence-corrected chi connectivity index (χ4v) is 4.03. The van der Waals surface area contributed by atoms with Crippen LogP contribution in [0.5, 0.6) is 0 Å². The fraction of sp³-hybridized carbons (Fsp3) is 0.167. The largest absolute Gasteiger partial charge is 0.325 e. The van der Waals surface area contributed by atoms with E-state index in [0.29, 0.717) is 5.56 Å². The highest BCUT2D eigenvalue weighted by Crippen LogP contribution is 2.38. The lowest BCUT2D eigenvalue weighted by molar-refractivity contribution is 0.863. The maximum Gasteiger partial charge on any atom is 0.138 e. The van der Waals surface area contributed by atoms with Gasteiger partial charge in [0.2, 0.25) is 0 Å². The lowest BCUT2D eigenvalue weighted by Gasteiger charge is -2.21. The first-order chi connectivity index (χ1) is 14.6. The summed E-state index contributed by atoms with van der Waals surface area (Å²) < 4.78 is 1.92. The summed E-state index contributed by atoms with van der Waals surface area (Å²) in [6.45, 7) is 4.90. The van der Waals surface area contributed by atoms with Crippen LogP contribution in [0.3, 0.4) is 0 Å². The minimum atomic E-state index is 0.673. The Morgan fingerprint density at radius 2 is 1.90 bits per heavy atom. The molecule has 30 heavy (non-hydrogen) atoms. The summed E-state index contributed by atoms with van der Waals surface area (Å²) >= 11 is 0. The highest BCUT2D eigenvalue weighted by Gasteiger charge is 2.27. The molecule has 0 saturated heterocycles. The molecule has 1 aliphatic heterocycles. The van der Waals surface area contributed by atoms with E-state index in [2.05, 4.69) is 22.0 Å². The van der Waals surface area contributed by atoms with E-state index in [-0.39, 0.29) is 0 Å². The van der Waals surface area contributed by atoms with Crippen molar-refractivity contribution < 1.29 is 0 Å². The van der Waals surface area contributed by atoms with Gasteiger partial charge in [-0.3, -0.25) is 4.98 Å². The molecule has 0 amide bonds. The molecule has 0 aliphatic carbocycles. The summed E-state index contributed by atoms with van der Waals surface area (Å²) in [5.74, 6) is 0.965. The van der Waals surface area contributed by atoms with Gasteiger partial charge in [0.15, 0.2) is 0 Å². The molecule has 6 heteroatoms. The summed E-state index contributed by atoms with van der Waals surface area (Å²) in [5.41, 5.74) is 7.71. The highest BCUT2D eigenvalue weighted by molar-refractivity contribution is 5.73. The number of nitriles is 1. The second-order valence-electron chi connectivity index (χ2n) is 7.46. The van der Waals surface area contributed by atoms with Crippen molar-refractivity contribution in [1.29, 1.82) is 5.26 Å². The molecule has 1 aromatic carbocycles. The molecule has 1 aliphatic rings. The standard InChI is InChI=1S/C24H20N6/c1-16-13-18(15-25)6-7-22(16)29-11-8-19-23(14-17(2)27-24(19)29)30-12-9-21(28-30)20-5-3-4-10-26-20/h3-7,9-10,12-14H,8,11H2,1-2H3. The molecule has 0 atom stereocenters. The van der Waals surface area contributed by atoms with Gasteiger partial charge in [-0.15, -0.1) is 0 Å². The van der Waals surface area contributed by atoms with E-state index >= 15 is 0 Å². The number of nitrogens with zero attached hydrogens (tertiary/aromatic N) is 6. The van der Waals surface area contributed by atoms with Gasteiger partial charge in [0.1, 0.15) is 11.5 Å². The van der Waals surface area contributed by atoms with E-state index in [9.17, 15) is 0 Å². The zero-order chi connectivity index (χ0) is 20.7. The zero-order valence-electron chi connectivity index (χ0n) is 16.9. The number of benzene rings is 1. The predicted octanol–water partition coefficient (Wildman–Crippen LogP) is 4.51. The highest BCUT2D eigenvalue weighted by atomic mass is 15.3. The summed E-state index contributed by atoms with van der Waals surface area (Å²) in [6.07, 6.45) is 4.64. The Labute approximate surface area is 175 Å². The third kappa shape index (κ3) is 3.01. The van der Waals surface area contributed by atoms with Crippen molar-refractivity contribution in [3.63, 3.8) is 0 Å². The molecule has 0 saturated carbocycles. The molecule has 5 rings (SSSR count). The number of hydrogen-bond acceptors (Lipinski definition) is 5. The van der Waals surface area contributed by atoms with Crippen LogP contribution in [0.1, 0.15) is 22.4 Å². The van der Waals surface area contributed by atoms with Gasteiger partial charge in [-0.05, 0) is 68.3 Å². The van der Waals surface area contributed by atoms with Gasteiger partial charge in [0.25, 0.3) is 0 Å². The molecule has 0 fully saturated rings. The quantitative estimate of drug-likeness (QED) is 0.513. The smallest absolute Gasteiger partial charge is 0.138 e. The van der Waals surface area contributed by atoms with Crippen LogP contribution in [0, 0.1) is 25.2 Å². The number of pyridine rings is 2. The van der Waals surface area contributed by atoms with E-state index in [1.54, 1.807) is 6.20 Å². The summed E-state index contributed by atoms with van der Waals surface area (Å²) in [6, 6.07) is 17.9. The third-order valence-corrected chi connectivity index (χ3v) is 5.43. The van der Waals surface area contributed by atoms with Crippen LogP contribution in [-0.2, 0) is 6.42 Å². The van der Waals surface area contributed by atoms with Crippen molar-refractivity contribution in [2.24, 2.45) is 0 Å². The Kier molecular flexibility index (Phi) is 4.29. The molecular weight excluding hydrogens is 372 g/mol. The van der Waals surface area contributed by atoms with Gasteiger partial charge < -0.3 is 4.90 Å². The lowest BCUT2D eigenvalue weighted by atomic mass is 10.1. The molecule has 0 unspecified atom stereocenters. The molecule has 0 radical (unpaired) electrons. The van der Waals surface area contributed by atoms with Gasteiger partial charge in [-0.25, -0.2) is 9.67 Å². The molecule has 4 aromatic rings. The van der Waals surface area contributed by atoms with E-state index in [1.165, 1.54) is 5.56 Å². The maximum absolute atomic E-state index is 9.17. The summed E-state index contributed by atoms with van der Waals surface area (Å²) in [4.78, 5) is 11.5. The third-order valence-electron chi connectivity index (χ3n) is 5.43. The normalized spacial score (nSPS) is 12.6. The minimum Gasteiger partial charge on any atom is -0.325 e. The number of rotatable bonds is 3. The van der Waals surface area contributed by atoms with Gasteiger partial charge in [0.05, 0.1) is 23.0 Å². The topological polar surface area (TPSA) is 70.6 Å². The Hall–Kier alpha value is -3.98. The van der Waals surface area contributed by atoms with Crippen LogP contribution in [0.25, 0.3) is 17.1 Å². The molecular formula is C24H20N6. The Balaban J connectivity index is 1.57. The first-order valence-electron chi connectivity index (χ1n) is 9.90. The predicted molar refractivity (Wildman–Crippen MR) is 116 cm³/mol. The van der Waals surface area contributed by atoms with E-state index in [4.69, 9.17) is 15.3 Å². The van der Waals surface area contributed by atoms with Crippen molar-refractivity contribution in [3.8, 4) is 23.1 Å². The molecule has 146 valence electrons. The first kappa shape index (κ1) is 18.1. The van der Waals surface area contributed by atoms with Gasteiger partial charge in [0, 0.05) is 35.9 Å². The van der Waals surface area contributed by atoms with Crippen molar-refractivity contribution in [3.05, 3.63) is 83.3 Å². The summed E-state index contributed by atoms with van der Waals surface area (Å²) in [7, 11) is 0. The van der Waals surface area contributed by atoms with Gasteiger partial charge >= 0.3 is 0 Å². The number of fused-ring (bicyclic) bond motifs is 1. The lowest BCUT2D eigenvalue weighted by Crippen LogP contribution is -2.16. The van der Waals surface area contributed by atoms with Crippen molar-refractivity contribution >= 4 is 11.5 Å². The molecule has 3 aromatic heterocycles. The van der Waals surface area contributed by atoms with Crippen LogP contribution in [0.15, 0.2) is 60.9 Å². The van der Waals surface area contributed by atoms with Gasteiger partial charge in [-0.2, -0.15) is 10.4 Å². The number of anilines is 2. The first-order valence-corrected chi connectivity index (χ1v) is 9.90. The van der Waals surface area contributed by atoms with Crippen LogP contribution < -0.4 is 4.90 Å². The second-order valence-corrected chi connectivity index (χ2v) is 7.46. The maximum atomic E-state index is 9.17. The molecule has 6 nitrogen and oxygen atoms in total. The monoisotopic (exact) mass is 392 g/mol. The average molecular weight is 392 g/mol. The van der Waals surface area contributed by atoms with E-state index in [0.717, 1.165) is 52.8 Å². The van der Waals surface area contributed by atoms with Crippen LogP contribution in [-0.4, -0.2) is 26.3 Å². The number of aryl methyl sites for hydroxylation is 2. The molecule has 0 bridgehead atoms. The second kappa shape index (κ2) is 7.12. The Morgan fingerprint density at radius 1 is 1.00 bits per heavy atom. The van der Waals surface area contributed by atoms with Crippen molar-refractivity contribution in [1.82, 2.24) is 19.7 Å². The number of hydrogen-bond donors (Lipinski definition) is 0. The summed E-state index contributed by atoms with van der Waals surface area (Å²) in [5, 5.41) is 13.9. The van der Waals surface area contributed by atoms with Gasteiger partial charge in [-0.1, -0.05) is 6.07 Å². The minimum absolute atomic E-state index is 0.673. The van der Waals surface area contributed by atoms with Crippen molar-refractivity contribution in [2.45, 2.75) is 20.3 Å². The SMILES string of the molecule is Cc1cc(-n2ccc(-c3ccccn3)n2)c2c(n1)N(c1ccc(C#N)cc1C)CC2. The molecule has 0 spiro atoms. The fourth-order valence-electron chi connectivity index (χ4n) is 4.03. The average Bonchev–Trinajstić information content (AvgIpc) is 3.41. The van der Waals surface area contributed by atoms with Crippen LogP contribution >= 0.6 is 0 Å². The van der Waals surface area contributed by atoms with E-state index < -0.39 is 0 Å². The number of aromatic nitrogens is 4. The zero-order valence-corrected chi connectivity index (χ0v) is 16.9. The Bertz CT molecular complexity index is 1280. The van der Waals surface area contributed by atoms with Crippen molar-refractivity contribution in [2.75, 3.05) is 11.4 Å². The van der Waals surface area contributed by atoms with E-state index in [1.807, 2.05) is 67.2 Å². The Morgan fingerprint density at radius 3 is 2.67 bits per heavy atom. The molecule has 0 N–H and O–H groups in total.